The van der Waals surface area contributed by atoms with Gasteiger partial charge in [0.1, 0.15) is 11.5 Å². The Morgan fingerprint density at radius 3 is 1.82 bits per heavy atom. The molecule has 1 aromatic rings. The van der Waals surface area contributed by atoms with E-state index >= 15 is 0 Å². The van der Waals surface area contributed by atoms with Crippen molar-refractivity contribution in [2.24, 2.45) is 11.1 Å². The molecule has 4 nitrogen and oxygen atoms in total. The average Bonchev–Trinajstić information content (AvgIpc) is 2.12. The molecule has 0 aromatic heterocycles. The summed E-state index contributed by atoms with van der Waals surface area (Å²) in [4.78, 5) is 0. The van der Waals surface area contributed by atoms with Crippen molar-refractivity contribution in [3.8, 4) is 11.5 Å². The summed E-state index contributed by atoms with van der Waals surface area (Å²) in [7, 11) is 0. The number of phenols is 2. The van der Waals surface area contributed by atoms with Gasteiger partial charge in [0, 0.05) is 6.07 Å². The second kappa shape index (κ2) is 5.58. The number of halogens is 1. The van der Waals surface area contributed by atoms with Gasteiger partial charge in [0.25, 0.3) is 0 Å². The minimum atomic E-state index is -0.756. The van der Waals surface area contributed by atoms with Gasteiger partial charge in [-0.3, -0.25) is 0 Å². The first-order valence-corrected chi connectivity index (χ1v) is 5.18. The van der Waals surface area contributed by atoms with E-state index in [1.165, 1.54) is 18.2 Å². The van der Waals surface area contributed by atoms with Crippen molar-refractivity contribution in [2.45, 2.75) is 32.9 Å². The van der Waals surface area contributed by atoms with Crippen LogP contribution in [-0.2, 0) is 0 Å². The number of aliphatic hydroxyl groups is 1. The van der Waals surface area contributed by atoms with Gasteiger partial charge in [-0.15, -0.1) is 12.4 Å². The molecule has 0 radical (unpaired) electrons. The second-order valence-electron chi connectivity index (χ2n) is 5.12. The van der Waals surface area contributed by atoms with Crippen LogP contribution >= 0.6 is 12.4 Å². The molecule has 2 atom stereocenters. The van der Waals surface area contributed by atoms with Gasteiger partial charge in [-0.25, -0.2) is 0 Å². The van der Waals surface area contributed by atoms with Gasteiger partial charge in [0.15, 0.2) is 0 Å². The van der Waals surface area contributed by atoms with Gasteiger partial charge in [-0.2, -0.15) is 0 Å². The highest BCUT2D eigenvalue weighted by atomic mass is 35.5. The predicted octanol–water partition coefficient (Wildman–Crippen LogP) is 1.93. The van der Waals surface area contributed by atoms with E-state index in [1.807, 2.05) is 20.8 Å². The first-order chi connectivity index (χ1) is 7.21. The molecular formula is C12H20ClNO3. The highest BCUT2D eigenvalue weighted by Gasteiger charge is 2.29. The summed E-state index contributed by atoms with van der Waals surface area (Å²) in [6, 6.07) is 3.47. The van der Waals surface area contributed by atoms with E-state index < -0.39 is 12.1 Å². The monoisotopic (exact) mass is 261 g/mol. The summed E-state index contributed by atoms with van der Waals surface area (Å²) >= 11 is 0. The van der Waals surface area contributed by atoms with Crippen molar-refractivity contribution < 1.29 is 15.3 Å². The van der Waals surface area contributed by atoms with Gasteiger partial charge in [0.05, 0.1) is 12.1 Å². The molecule has 0 bridgehead atoms. The summed E-state index contributed by atoms with van der Waals surface area (Å²) in [5.41, 5.74) is 6.04. The van der Waals surface area contributed by atoms with E-state index in [4.69, 9.17) is 5.73 Å². The molecule has 17 heavy (non-hydrogen) atoms. The van der Waals surface area contributed by atoms with Gasteiger partial charge in [0.2, 0.25) is 0 Å². The number of phenolic OH excluding ortho intramolecular Hbond substituents is 2. The van der Waals surface area contributed by atoms with Gasteiger partial charge in [-0.05, 0) is 23.1 Å². The molecule has 0 fully saturated rings. The predicted molar refractivity (Wildman–Crippen MR) is 69.4 cm³/mol. The van der Waals surface area contributed by atoms with Crippen LogP contribution in [0.3, 0.4) is 0 Å². The van der Waals surface area contributed by atoms with Crippen LogP contribution in [-0.4, -0.2) is 21.4 Å². The molecule has 5 N–H and O–H groups in total. The first kappa shape index (κ1) is 16.0. The smallest absolute Gasteiger partial charge is 0.119 e. The molecular weight excluding hydrogens is 242 g/mol. The highest BCUT2D eigenvalue weighted by Crippen LogP contribution is 2.31. The zero-order valence-corrected chi connectivity index (χ0v) is 11.0. The minimum Gasteiger partial charge on any atom is -0.508 e. The maximum atomic E-state index is 10.0. The number of rotatable bonds is 2. The fourth-order valence-electron chi connectivity index (χ4n) is 1.53. The van der Waals surface area contributed by atoms with E-state index in [-0.39, 0.29) is 29.3 Å². The minimum absolute atomic E-state index is 0. The van der Waals surface area contributed by atoms with Crippen LogP contribution in [0.15, 0.2) is 18.2 Å². The quantitative estimate of drug-likeness (QED) is 0.655. The molecule has 0 aliphatic carbocycles. The number of aromatic hydroxyl groups is 2. The number of nitrogens with two attached hydrogens (primary N) is 1. The first-order valence-electron chi connectivity index (χ1n) is 5.18. The maximum Gasteiger partial charge on any atom is 0.119 e. The largest absolute Gasteiger partial charge is 0.508 e. The average molecular weight is 262 g/mol. The lowest BCUT2D eigenvalue weighted by Crippen LogP contribution is -2.36. The Balaban J connectivity index is 0.00000256. The Labute approximate surface area is 107 Å². The topological polar surface area (TPSA) is 86.7 Å². The SMILES string of the molecule is CC(C)(C)[C@@H](O)[C@@H](N)c1cc(O)cc(O)c1.Cl. The number of hydrogen-bond donors (Lipinski definition) is 4. The van der Waals surface area contributed by atoms with E-state index in [0.29, 0.717) is 5.56 Å². The molecule has 5 heteroatoms. The third kappa shape index (κ3) is 4.07. The summed E-state index contributed by atoms with van der Waals surface area (Å²) in [6.45, 7) is 5.63. The molecule has 0 saturated heterocycles. The molecule has 0 aliphatic rings. The van der Waals surface area contributed by atoms with E-state index in [0.717, 1.165) is 0 Å². The summed E-state index contributed by atoms with van der Waals surface area (Å²) in [6.07, 6.45) is -0.756. The van der Waals surface area contributed by atoms with Crippen LogP contribution in [0, 0.1) is 5.41 Å². The molecule has 0 amide bonds. The third-order valence-corrected chi connectivity index (χ3v) is 2.54. The summed E-state index contributed by atoms with van der Waals surface area (Å²) < 4.78 is 0. The number of benzene rings is 1. The lowest BCUT2D eigenvalue weighted by molar-refractivity contribution is 0.0400. The van der Waals surface area contributed by atoms with Crippen LogP contribution in [0.4, 0.5) is 0 Å². The van der Waals surface area contributed by atoms with E-state index in [9.17, 15) is 15.3 Å². The van der Waals surface area contributed by atoms with Crippen molar-refractivity contribution in [3.05, 3.63) is 23.8 Å². The standard InChI is InChI=1S/C12H19NO3.ClH/c1-12(2,3)11(16)10(13)7-4-8(14)6-9(15)5-7;/h4-6,10-11,14-16H,13H2,1-3H3;1H/t10-,11-;/m0./s1. The van der Waals surface area contributed by atoms with Crippen LogP contribution in [0.1, 0.15) is 32.4 Å². The van der Waals surface area contributed by atoms with E-state index in [1.54, 1.807) is 0 Å². The zero-order valence-electron chi connectivity index (χ0n) is 10.2. The second-order valence-corrected chi connectivity index (χ2v) is 5.12. The van der Waals surface area contributed by atoms with Crippen LogP contribution in [0.5, 0.6) is 11.5 Å². The van der Waals surface area contributed by atoms with Crippen molar-refractivity contribution in [1.29, 1.82) is 0 Å². The Bertz CT molecular complexity index is 356. The lowest BCUT2D eigenvalue weighted by atomic mass is 9.82. The Morgan fingerprint density at radius 1 is 1.06 bits per heavy atom. The van der Waals surface area contributed by atoms with Gasteiger partial charge in [-0.1, -0.05) is 20.8 Å². The molecule has 0 spiro atoms. The molecule has 0 aliphatic heterocycles. The maximum absolute atomic E-state index is 10.0. The number of hydrogen-bond acceptors (Lipinski definition) is 4. The van der Waals surface area contributed by atoms with Gasteiger partial charge < -0.3 is 21.1 Å². The highest BCUT2D eigenvalue weighted by molar-refractivity contribution is 5.85. The normalized spacial score (nSPS) is 14.9. The summed E-state index contributed by atoms with van der Waals surface area (Å²) in [5.74, 6) is -0.127. The molecule has 0 saturated carbocycles. The molecule has 1 aromatic carbocycles. The Hall–Kier alpha value is -0.970. The van der Waals surface area contributed by atoms with Crippen LogP contribution < -0.4 is 5.73 Å². The fourth-order valence-corrected chi connectivity index (χ4v) is 1.53. The molecule has 98 valence electrons. The Morgan fingerprint density at radius 2 is 1.47 bits per heavy atom. The fraction of sp³-hybridized carbons (Fsp3) is 0.500. The number of aliphatic hydroxyl groups excluding tert-OH is 1. The summed E-state index contributed by atoms with van der Waals surface area (Å²) in [5, 5.41) is 28.7. The van der Waals surface area contributed by atoms with Crippen molar-refractivity contribution in [1.82, 2.24) is 0 Å². The third-order valence-electron chi connectivity index (χ3n) is 2.54. The van der Waals surface area contributed by atoms with E-state index in [2.05, 4.69) is 0 Å². The lowest BCUT2D eigenvalue weighted by Gasteiger charge is -2.31. The zero-order chi connectivity index (χ0) is 12.5. The van der Waals surface area contributed by atoms with Crippen LogP contribution in [0.25, 0.3) is 0 Å². The molecule has 1 rings (SSSR count). The van der Waals surface area contributed by atoms with Crippen molar-refractivity contribution in [3.63, 3.8) is 0 Å². The van der Waals surface area contributed by atoms with Crippen molar-refractivity contribution >= 4 is 12.4 Å². The molecule has 0 unspecified atom stereocenters. The van der Waals surface area contributed by atoms with Crippen LogP contribution in [0.2, 0.25) is 0 Å². The molecule has 0 heterocycles. The Kier molecular flexibility index (Phi) is 5.26. The van der Waals surface area contributed by atoms with Gasteiger partial charge >= 0.3 is 0 Å². The van der Waals surface area contributed by atoms with Crippen molar-refractivity contribution in [2.75, 3.05) is 0 Å².